The topological polar surface area (TPSA) is 69.4 Å². The lowest BCUT2D eigenvalue weighted by atomic mass is 9.82. The average Bonchev–Trinajstić information content (AvgIpc) is 2.85. The molecule has 0 saturated heterocycles. The number of amides is 1. The van der Waals surface area contributed by atoms with E-state index < -0.39 is 0 Å². The van der Waals surface area contributed by atoms with Crippen LogP contribution in [0, 0.1) is 0 Å². The van der Waals surface area contributed by atoms with Gasteiger partial charge in [-0.1, -0.05) is 88.6 Å². The van der Waals surface area contributed by atoms with Crippen LogP contribution in [0.25, 0.3) is 0 Å². The second-order valence-electron chi connectivity index (χ2n) is 9.82. The monoisotopic (exact) mass is 457 g/mol. The SMILES string of the molecule is CC(C)(C)c1ccc(C(=O)Oc2ccccc2)cc1.NC(=O)c1ccccc1C1CCCCC1. The zero-order valence-corrected chi connectivity index (χ0v) is 20.4. The first kappa shape index (κ1) is 25.2. The zero-order chi connectivity index (χ0) is 24.6. The summed E-state index contributed by atoms with van der Waals surface area (Å²) < 4.78 is 5.29. The van der Waals surface area contributed by atoms with E-state index in [1.54, 1.807) is 12.1 Å². The number of esters is 1. The highest BCUT2D eigenvalue weighted by molar-refractivity contribution is 5.94. The third-order valence-corrected chi connectivity index (χ3v) is 6.21. The van der Waals surface area contributed by atoms with Gasteiger partial charge in [0, 0.05) is 5.56 Å². The third-order valence-electron chi connectivity index (χ3n) is 6.21. The quantitative estimate of drug-likeness (QED) is 0.337. The van der Waals surface area contributed by atoms with E-state index in [0.717, 1.165) is 5.56 Å². The summed E-state index contributed by atoms with van der Waals surface area (Å²) in [6, 6.07) is 24.4. The normalized spacial score (nSPS) is 14.0. The summed E-state index contributed by atoms with van der Waals surface area (Å²) >= 11 is 0. The summed E-state index contributed by atoms with van der Waals surface area (Å²) in [6.45, 7) is 6.43. The van der Waals surface area contributed by atoms with Gasteiger partial charge in [-0.05, 0) is 65.6 Å². The van der Waals surface area contributed by atoms with Crippen LogP contribution in [0.1, 0.15) is 90.6 Å². The van der Waals surface area contributed by atoms with Crippen LogP contribution in [-0.4, -0.2) is 11.9 Å². The van der Waals surface area contributed by atoms with Gasteiger partial charge in [0.15, 0.2) is 0 Å². The molecule has 4 heteroatoms. The second-order valence-corrected chi connectivity index (χ2v) is 9.82. The van der Waals surface area contributed by atoms with Crippen LogP contribution < -0.4 is 10.5 Å². The minimum absolute atomic E-state index is 0.0852. The number of carbonyl (C=O) groups excluding carboxylic acids is 2. The molecule has 0 atom stereocenters. The molecule has 0 aromatic heterocycles. The lowest BCUT2D eigenvalue weighted by molar-refractivity contribution is 0.0734. The van der Waals surface area contributed by atoms with Gasteiger partial charge in [0.1, 0.15) is 5.75 Å². The Balaban J connectivity index is 0.000000196. The Morgan fingerprint density at radius 3 is 1.97 bits per heavy atom. The molecule has 0 aliphatic heterocycles. The summed E-state index contributed by atoms with van der Waals surface area (Å²) in [4.78, 5) is 23.2. The minimum Gasteiger partial charge on any atom is -0.423 e. The van der Waals surface area contributed by atoms with Crippen molar-refractivity contribution in [3.63, 3.8) is 0 Å². The smallest absolute Gasteiger partial charge is 0.343 e. The number of para-hydroxylation sites is 1. The lowest BCUT2D eigenvalue weighted by Gasteiger charge is -2.23. The third kappa shape index (κ3) is 7.05. The van der Waals surface area contributed by atoms with Crippen LogP contribution in [0.2, 0.25) is 0 Å². The molecule has 4 nitrogen and oxygen atoms in total. The van der Waals surface area contributed by atoms with Crippen molar-refractivity contribution in [2.75, 3.05) is 0 Å². The molecule has 0 radical (unpaired) electrons. The zero-order valence-electron chi connectivity index (χ0n) is 20.4. The Kier molecular flexibility index (Phi) is 8.64. The Morgan fingerprint density at radius 2 is 1.38 bits per heavy atom. The molecule has 0 bridgehead atoms. The van der Waals surface area contributed by atoms with Crippen molar-refractivity contribution in [1.29, 1.82) is 0 Å². The summed E-state index contributed by atoms with van der Waals surface area (Å²) in [7, 11) is 0. The van der Waals surface area contributed by atoms with Crippen molar-refractivity contribution in [2.45, 2.75) is 64.2 Å². The first-order chi connectivity index (χ1) is 16.3. The highest BCUT2D eigenvalue weighted by atomic mass is 16.5. The van der Waals surface area contributed by atoms with E-state index >= 15 is 0 Å². The summed E-state index contributed by atoms with van der Waals surface area (Å²) in [6.07, 6.45) is 6.28. The molecule has 1 aliphatic rings. The fraction of sp³-hybridized carbons (Fsp3) is 0.333. The molecule has 2 N–H and O–H groups in total. The fourth-order valence-corrected chi connectivity index (χ4v) is 4.25. The van der Waals surface area contributed by atoms with E-state index in [0.29, 0.717) is 22.8 Å². The van der Waals surface area contributed by atoms with Gasteiger partial charge in [-0.3, -0.25) is 4.79 Å². The molecule has 0 spiro atoms. The van der Waals surface area contributed by atoms with E-state index in [2.05, 4.69) is 26.8 Å². The van der Waals surface area contributed by atoms with Gasteiger partial charge in [-0.25, -0.2) is 4.79 Å². The van der Waals surface area contributed by atoms with Crippen molar-refractivity contribution in [1.82, 2.24) is 0 Å². The molecule has 1 aliphatic carbocycles. The highest BCUT2D eigenvalue weighted by Gasteiger charge is 2.19. The molecule has 1 saturated carbocycles. The first-order valence-electron chi connectivity index (χ1n) is 12.0. The van der Waals surface area contributed by atoms with E-state index in [1.807, 2.05) is 60.7 Å². The fourth-order valence-electron chi connectivity index (χ4n) is 4.25. The van der Waals surface area contributed by atoms with Crippen molar-refractivity contribution >= 4 is 11.9 Å². The maximum atomic E-state index is 12.0. The molecular formula is C30H35NO3. The number of benzene rings is 3. The maximum absolute atomic E-state index is 12.0. The summed E-state index contributed by atoms with van der Waals surface area (Å²) in [5.74, 6) is 0.484. The van der Waals surface area contributed by atoms with Crippen molar-refractivity contribution < 1.29 is 14.3 Å². The average molecular weight is 458 g/mol. The van der Waals surface area contributed by atoms with Gasteiger partial charge in [0.25, 0.3) is 0 Å². The van der Waals surface area contributed by atoms with Crippen molar-refractivity contribution in [3.05, 3.63) is 101 Å². The number of ether oxygens (including phenoxy) is 1. The standard InChI is InChI=1S/C17H18O2.C13H17NO/c1-17(2,3)14-11-9-13(10-12-14)16(18)19-15-7-5-4-6-8-15;14-13(15)12-9-5-4-8-11(12)10-6-2-1-3-7-10/h4-12H,1-3H3;4-5,8-10H,1-3,6-7H2,(H2,14,15). The number of primary amides is 1. The number of rotatable bonds is 4. The molecule has 1 fully saturated rings. The van der Waals surface area contributed by atoms with E-state index in [4.69, 9.17) is 10.5 Å². The van der Waals surface area contributed by atoms with E-state index in [1.165, 1.54) is 37.7 Å². The van der Waals surface area contributed by atoms with Gasteiger partial charge >= 0.3 is 5.97 Å². The largest absolute Gasteiger partial charge is 0.423 e. The van der Waals surface area contributed by atoms with Gasteiger partial charge in [-0.2, -0.15) is 0 Å². The molecule has 0 heterocycles. The van der Waals surface area contributed by atoms with E-state index in [9.17, 15) is 9.59 Å². The molecule has 3 aromatic rings. The van der Waals surface area contributed by atoms with Gasteiger partial charge < -0.3 is 10.5 Å². The molecule has 0 unspecified atom stereocenters. The Hall–Kier alpha value is -3.40. The molecule has 34 heavy (non-hydrogen) atoms. The van der Waals surface area contributed by atoms with E-state index in [-0.39, 0.29) is 17.3 Å². The number of carbonyl (C=O) groups is 2. The van der Waals surface area contributed by atoms with Crippen molar-refractivity contribution in [3.8, 4) is 5.75 Å². The molecule has 178 valence electrons. The van der Waals surface area contributed by atoms with Crippen LogP contribution in [0.15, 0.2) is 78.9 Å². The second kappa shape index (κ2) is 11.6. The summed E-state index contributed by atoms with van der Waals surface area (Å²) in [5.41, 5.74) is 9.10. The minimum atomic E-state index is -0.327. The predicted molar refractivity (Wildman–Crippen MR) is 137 cm³/mol. The van der Waals surface area contributed by atoms with Crippen LogP contribution in [0.4, 0.5) is 0 Å². The molecule has 1 amide bonds. The summed E-state index contributed by atoms with van der Waals surface area (Å²) in [5, 5.41) is 0. The number of hydrogen-bond acceptors (Lipinski definition) is 3. The molecular weight excluding hydrogens is 422 g/mol. The van der Waals surface area contributed by atoms with Crippen LogP contribution in [0.5, 0.6) is 5.75 Å². The first-order valence-corrected chi connectivity index (χ1v) is 12.0. The van der Waals surface area contributed by atoms with Gasteiger partial charge in [-0.15, -0.1) is 0 Å². The lowest BCUT2D eigenvalue weighted by Crippen LogP contribution is -2.16. The van der Waals surface area contributed by atoms with Gasteiger partial charge in [0.2, 0.25) is 5.91 Å². The van der Waals surface area contributed by atoms with Crippen LogP contribution >= 0.6 is 0 Å². The highest BCUT2D eigenvalue weighted by Crippen LogP contribution is 2.34. The van der Waals surface area contributed by atoms with Crippen LogP contribution in [-0.2, 0) is 5.41 Å². The predicted octanol–water partition coefficient (Wildman–Crippen LogP) is 7.04. The Morgan fingerprint density at radius 1 is 0.794 bits per heavy atom. The van der Waals surface area contributed by atoms with Crippen LogP contribution in [0.3, 0.4) is 0 Å². The van der Waals surface area contributed by atoms with Gasteiger partial charge in [0.05, 0.1) is 5.56 Å². The Bertz CT molecular complexity index is 1080. The molecule has 3 aromatic carbocycles. The maximum Gasteiger partial charge on any atom is 0.343 e. The van der Waals surface area contributed by atoms with Crippen molar-refractivity contribution in [2.24, 2.45) is 5.73 Å². The number of nitrogens with two attached hydrogens (primary N) is 1. The number of hydrogen-bond donors (Lipinski definition) is 1. The Labute approximate surface area is 203 Å². The molecule has 4 rings (SSSR count).